The Labute approximate surface area is 96.6 Å². The maximum atomic E-state index is 12.1. The highest BCUT2D eigenvalue weighted by molar-refractivity contribution is 7.91. The zero-order valence-corrected chi connectivity index (χ0v) is 10.3. The minimum atomic E-state index is -3.62. The Hall–Kier alpha value is -0.700. The number of aromatic amines is 1. The molecule has 1 atom stereocenters. The molecule has 1 aromatic heterocycles. The van der Waals surface area contributed by atoms with Gasteiger partial charge in [0, 0.05) is 18.8 Å². The summed E-state index contributed by atoms with van der Waals surface area (Å²) >= 11 is 0.687. The van der Waals surface area contributed by atoms with Crippen molar-refractivity contribution in [2.75, 3.05) is 13.1 Å². The van der Waals surface area contributed by atoms with Gasteiger partial charge in [0.2, 0.25) is 0 Å². The normalized spacial score (nSPS) is 22.8. The van der Waals surface area contributed by atoms with Crippen LogP contribution in [0.1, 0.15) is 12.1 Å². The van der Waals surface area contributed by atoms with Crippen molar-refractivity contribution in [1.82, 2.24) is 9.29 Å². The molecule has 1 aliphatic rings. The zero-order chi connectivity index (χ0) is 11.9. The molecule has 2 heterocycles. The maximum Gasteiger partial charge on any atom is 0.305 e. The fourth-order valence-electron chi connectivity index (χ4n) is 1.68. The number of hydrogen-bond acceptors (Lipinski definition) is 5. The van der Waals surface area contributed by atoms with Gasteiger partial charge in [0.1, 0.15) is 0 Å². The van der Waals surface area contributed by atoms with Crippen LogP contribution < -0.4 is 4.87 Å². The van der Waals surface area contributed by atoms with Gasteiger partial charge in [-0.3, -0.25) is 4.79 Å². The fraction of sp³-hybridized carbons (Fsp3) is 0.625. The second-order valence-electron chi connectivity index (χ2n) is 3.73. The van der Waals surface area contributed by atoms with E-state index < -0.39 is 16.1 Å². The van der Waals surface area contributed by atoms with Crippen molar-refractivity contribution in [2.45, 2.75) is 23.7 Å². The summed E-state index contributed by atoms with van der Waals surface area (Å²) in [6.45, 7) is 1.96. The first-order valence-electron chi connectivity index (χ1n) is 4.79. The van der Waals surface area contributed by atoms with Crippen LogP contribution in [-0.4, -0.2) is 42.0 Å². The predicted molar refractivity (Wildman–Crippen MR) is 59.1 cm³/mol. The predicted octanol–water partition coefficient (Wildman–Crippen LogP) is -0.500. The number of nitrogens with one attached hydrogen (secondary N) is 1. The van der Waals surface area contributed by atoms with Gasteiger partial charge in [0.15, 0.2) is 4.21 Å². The standard InChI is InChI=1S/C8H12N2O4S2/c1-5-7(15-8(12)9-5)16(13,14)10-3-2-6(11)4-10/h6,11H,2-4H2,1H3,(H,9,12). The first-order chi connectivity index (χ1) is 7.41. The first kappa shape index (κ1) is 11.8. The number of aliphatic hydroxyl groups is 1. The van der Waals surface area contributed by atoms with E-state index in [1.807, 2.05) is 0 Å². The number of hydrogen-bond donors (Lipinski definition) is 2. The van der Waals surface area contributed by atoms with Gasteiger partial charge < -0.3 is 10.1 Å². The van der Waals surface area contributed by atoms with Gasteiger partial charge >= 0.3 is 4.87 Å². The maximum absolute atomic E-state index is 12.1. The molecule has 1 aromatic rings. The molecule has 0 amide bonds. The molecule has 16 heavy (non-hydrogen) atoms. The Balaban J connectivity index is 2.39. The van der Waals surface area contributed by atoms with Gasteiger partial charge in [-0.15, -0.1) is 0 Å². The van der Waals surface area contributed by atoms with Crippen molar-refractivity contribution in [1.29, 1.82) is 0 Å². The van der Waals surface area contributed by atoms with Crippen LogP contribution >= 0.6 is 11.3 Å². The van der Waals surface area contributed by atoms with Gasteiger partial charge in [-0.25, -0.2) is 8.42 Å². The molecule has 1 unspecified atom stereocenters. The van der Waals surface area contributed by atoms with Crippen LogP contribution in [0, 0.1) is 6.92 Å². The van der Waals surface area contributed by atoms with E-state index in [1.54, 1.807) is 6.92 Å². The van der Waals surface area contributed by atoms with E-state index in [0.717, 1.165) is 0 Å². The first-order valence-corrected chi connectivity index (χ1v) is 7.05. The summed E-state index contributed by atoms with van der Waals surface area (Å²) in [5.74, 6) is 0. The molecule has 2 N–H and O–H groups in total. The number of aliphatic hydroxyl groups excluding tert-OH is 1. The minimum Gasteiger partial charge on any atom is -0.392 e. The molecule has 1 saturated heterocycles. The third-order valence-corrected chi connectivity index (χ3v) is 5.93. The average molecular weight is 264 g/mol. The molecule has 0 aromatic carbocycles. The molecule has 0 bridgehead atoms. The summed E-state index contributed by atoms with van der Waals surface area (Å²) in [6.07, 6.45) is -0.164. The largest absolute Gasteiger partial charge is 0.392 e. The number of aromatic nitrogens is 1. The number of sulfonamides is 1. The van der Waals surface area contributed by atoms with Crippen molar-refractivity contribution < 1.29 is 13.5 Å². The van der Waals surface area contributed by atoms with Gasteiger partial charge in [0.25, 0.3) is 10.0 Å². The van der Waals surface area contributed by atoms with E-state index >= 15 is 0 Å². The van der Waals surface area contributed by atoms with E-state index in [2.05, 4.69) is 4.98 Å². The van der Waals surface area contributed by atoms with Crippen LogP contribution in [0.25, 0.3) is 0 Å². The van der Waals surface area contributed by atoms with Crippen LogP contribution in [0.4, 0.5) is 0 Å². The van der Waals surface area contributed by atoms with Crippen molar-refractivity contribution in [3.05, 3.63) is 15.4 Å². The quantitative estimate of drug-likeness (QED) is 0.753. The van der Waals surface area contributed by atoms with Gasteiger partial charge in [-0.1, -0.05) is 11.3 Å². The molecule has 0 aliphatic carbocycles. The lowest BCUT2D eigenvalue weighted by Gasteiger charge is -2.14. The van der Waals surface area contributed by atoms with Crippen LogP contribution in [0.2, 0.25) is 0 Å². The van der Waals surface area contributed by atoms with Crippen LogP contribution in [0.5, 0.6) is 0 Å². The molecule has 0 radical (unpaired) electrons. The number of aryl methyl sites for hydroxylation is 1. The Morgan fingerprint density at radius 1 is 1.56 bits per heavy atom. The number of rotatable bonds is 2. The Morgan fingerprint density at radius 3 is 2.69 bits per heavy atom. The summed E-state index contributed by atoms with van der Waals surface area (Å²) in [5.41, 5.74) is 0.358. The summed E-state index contributed by atoms with van der Waals surface area (Å²) in [6, 6.07) is 0. The van der Waals surface area contributed by atoms with Crippen molar-refractivity contribution in [2.24, 2.45) is 0 Å². The SMILES string of the molecule is Cc1[nH]c(=O)sc1S(=O)(=O)N1CCC(O)C1. The highest BCUT2D eigenvalue weighted by Crippen LogP contribution is 2.24. The van der Waals surface area contributed by atoms with Crippen LogP contribution in [0.15, 0.2) is 9.00 Å². The second kappa shape index (κ2) is 3.95. The van der Waals surface area contributed by atoms with Crippen molar-refractivity contribution >= 4 is 21.4 Å². The monoisotopic (exact) mass is 264 g/mol. The number of β-amino-alcohol motifs (C(OH)–C–C–N with tert-alkyl or cyclic N) is 1. The third-order valence-electron chi connectivity index (χ3n) is 2.48. The van der Waals surface area contributed by atoms with Crippen molar-refractivity contribution in [3.8, 4) is 0 Å². The van der Waals surface area contributed by atoms with E-state index in [9.17, 15) is 18.3 Å². The number of thiazole rings is 1. The molecule has 8 heteroatoms. The van der Waals surface area contributed by atoms with Crippen molar-refractivity contribution in [3.63, 3.8) is 0 Å². The second-order valence-corrected chi connectivity index (χ2v) is 6.85. The van der Waals surface area contributed by atoms with Gasteiger partial charge in [0.05, 0.1) is 6.10 Å². The van der Waals surface area contributed by atoms with Crippen LogP contribution in [-0.2, 0) is 10.0 Å². The summed E-state index contributed by atoms with van der Waals surface area (Å²) < 4.78 is 25.4. The summed E-state index contributed by atoms with van der Waals surface area (Å²) in [5, 5.41) is 9.31. The van der Waals surface area contributed by atoms with Gasteiger partial charge in [-0.05, 0) is 13.3 Å². The molecule has 1 aliphatic heterocycles. The molecular formula is C8H12N2O4S2. The lowest BCUT2D eigenvalue weighted by molar-refractivity contribution is 0.189. The van der Waals surface area contributed by atoms with E-state index in [0.29, 0.717) is 30.0 Å². The van der Waals surface area contributed by atoms with Gasteiger partial charge in [-0.2, -0.15) is 4.31 Å². The minimum absolute atomic E-state index is 0.0478. The molecule has 6 nitrogen and oxygen atoms in total. The van der Waals surface area contributed by atoms with E-state index in [4.69, 9.17) is 0 Å². The highest BCUT2D eigenvalue weighted by Gasteiger charge is 2.33. The molecule has 1 fully saturated rings. The summed E-state index contributed by atoms with van der Waals surface area (Å²) in [7, 11) is -3.62. The van der Waals surface area contributed by atoms with E-state index in [1.165, 1.54) is 4.31 Å². The van der Waals surface area contributed by atoms with E-state index in [-0.39, 0.29) is 15.6 Å². The molecule has 2 rings (SSSR count). The number of nitrogens with zero attached hydrogens (tertiary/aromatic N) is 1. The lowest BCUT2D eigenvalue weighted by Crippen LogP contribution is -2.29. The number of H-pyrrole nitrogens is 1. The molecule has 90 valence electrons. The van der Waals surface area contributed by atoms with Crippen LogP contribution in [0.3, 0.4) is 0 Å². The summed E-state index contributed by atoms with van der Waals surface area (Å²) in [4.78, 5) is 13.1. The topological polar surface area (TPSA) is 90.5 Å². The Bertz CT molecular complexity index is 545. The Morgan fingerprint density at radius 2 is 2.25 bits per heavy atom. The molecule has 0 saturated carbocycles. The zero-order valence-electron chi connectivity index (χ0n) is 8.63. The fourth-order valence-corrected chi connectivity index (χ4v) is 4.61. The average Bonchev–Trinajstić information content (AvgIpc) is 2.73. The Kier molecular flexibility index (Phi) is 2.91. The third kappa shape index (κ3) is 1.93. The lowest BCUT2D eigenvalue weighted by atomic mass is 10.3. The molecular weight excluding hydrogens is 252 g/mol. The molecule has 0 spiro atoms. The smallest absolute Gasteiger partial charge is 0.305 e. The highest BCUT2D eigenvalue weighted by atomic mass is 32.2.